The fourth-order valence-corrected chi connectivity index (χ4v) is 3.73. The summed E-state index contributed by atoms with van der Waals surface area (Å²) in [6.45, 7) is 3.80. The van der Waals surface area contributed by atoms with Crippen molar-refractivity contribution in [3.8, 4) is 0 Å². The normalized spacial score (nSPS) is 19.9. The molecule has 1 aliphatic carbocycles. The van der Waals surface area contributed by atoms with Crippen LogP contribution < -0.4 is 0 Å². The van der Waals surface area contributed by atoms with Crippen molar-refractivity contribution >= 4 is 6.08 Å². The first kappa shape index (κ1) is 20.3. The van der Waals surface area contributed by atoms with Crippen LogP contribution in [-0.2, 0) is 6.42 Å². The molecule has 0 nitrogen and oxygen atoms in total. The lowest BCUT2D eigenvalue weighted by atomic mass is 9.78. The summed E-state index contributed by atoms with van der Waals surface area (Å²) in [7, 11) is 0. The van der Waals surface area contributed by atoms with E-state index in [1.54, 1.807) is 0 Å². The number of benzene rings is 2. The zero-order chi connectivity index (χ0) is 20.3. The van der Waals surface area contributed by atoms with Crippen molar-refractivity contribution < 1.29 is 22.0 Å². The largest absolute Gasteiger partial charge is 0.206 e. The van der Waals surface area contributed by atoms with Crippen LogP contribution in [0, 0.1) is 35.0 Å². The van der Waals surface area contributed by atoms with Gasteiger partial charge >= 0.3 is 0 Å². The van der Waals surface area contributed by atoms with Crippen LogP contribution in [0.15, 0.2) is 43.0 Å². The maximum Gasteiger partial charge on any atom is 0.194 e. The van der Waals surface area contributed by atoms with Gasteiger partial charge in [-0.1, -0.05) is 18.2 Å². The van der Waals surface area contributed by atoms with E-state index >= 15 is 0 Å². The average molecular weight is 392 g/mol. The lowest BCUT2D eigenvalue weighted by molar-refractivity contribution is 0.374. The molecule has 0 radical (unpaired) electrons. The van der Waals surface area contributed by atoms with Crippen molar-refractivity contribution in [2.45, 2.75) is 38.0 Å². The lowest BCUT2D eigenvalue weighted by Crippen LogP contribution is -2.12. The molecular weight excluding hydrogens is 371 g/mol. The third-order valence-corrected chi connectivity index (χ3v) is 5.36. The average Bonchev–Trinajstić information content (AvgIpc) is 2.68. The monoisotopic (exact) mass is 392 g/mol. The molecule has 0 amide bonds. The first-order chi connectivity index (χ1) is 13.4. The first-order valence-corrected chi connectivity index (χ1v) is 9.30. The number of hydrogen-bond donors (Lipinski definition) is 0. The molecule has 0 atom stereocenters. The maximum absolute atomic E-state index is 14.4. The van der Waals surface area contributed by atoms with Gasteiger partial charge in [0.1, 0.15) is 11.6 Å². The Morgan fingerprint density at radius 1 is 0.821 bits per heavy atom. The quantitative estimate of drug-likeness (QED) is 0.289. The smallest absolute Gasteiger partial charge is 0.194 e. The predicted molar refractivity (Wildman–Crippen MR) is 100 cm³/mol. The minimum absolute atomic E-state index is 0.0142. The van der Waals surface area contributed by atoms with Gasteiger partial charge in [-0.25, -0.2) is 22.0 Å². The SMILES string of the molecule is C=CC1CCC(c2cc(F)c(/C=C\Cc3cc(F)c(F)c(F)c3)c(F)c2)CC1. The molecule has 1 saturated carbocycles. The number of allylic oxidation sites excluding steroid dienone is 2. The van der Waals surface area contributed by atoms with Crippen LogP contribution in [0.2, 0.25) is 0 Å². The highest BCUT2D eigenvalue weighted by Crippen LogP contribution is 2.37. The Morgan fingerprint density at radius 3 is 1.93 bits per heavy atom. The summed E-state index contributed by atoms with van der Waals surface area (Å²) >= 11 is 0. The summed E-state index contributed by atoms with van der Waals surface area (Å²) in [4.78, 5) is 0. The van der Waals surface area contributed by atoms with E-state index in [0.717, 1.165) is 37.8 Å². The summed E-state index contributed by atoms with van der Waals surface area (Å²) in [6, 6.07) is 4.44. The Morgan fingerprint density at radius 2 is 1.39 bits per heavy atom. The summed E-state index contributed by atoms with van der Waals surface area (Å²) in [6.07, 6.45) is 8.24. The van der Waals surface area contributed by atoms with Gasteiger partial charge in [0.2, 0.25) is 0 Å². The Bertz CT molecular complexity index is 846. The standard InChI is InChI=1S/C23H21F5/c1-2-14-6-8-16(9-7-14)17-12-19(24)18(20(25)13-17)5-3-4-15-10-21(26)23(28)22(27)11-15/h2-3,5,10-14,16H,1,4,6-9H2/b5-3-. The molecule has 0 N–H and O–H groups in total. The van der Waals surface area contributed by atoms with E-state index in [0.29, 0.717) is 11.5 Å². The van der Waals surface area contributed by atoms with Gasteiger partial charge in [-0.2, -0.15) is 0 Å². The minimum Gasteiger partial charge on any atom is -0.206 e. The fraction of sp³-hybridized carbons (Fsp3) is 0.304. The van der Waals surface area contributed by atoms with Gasteiger partial charge in [0.15, 0.2) is 17.5 Å². The molecule has 148 valence electrons. The van der Waals surface area contributed by atoms with Crippen LogP contribution in [0.3, 0.4) is 0 Å². The van der Waals surface area contributed by atoms with Gasteiger partial charge < -0.3 is 0 Å². The molecule has 1 aliphatic rings. The van der Waals surface area contributed by atoms with E-state index in [2.05, 4.69) is 6.58 Å². The zero-order valence-corrected chi connectivity index (χ0v) is 15.3. The number of hydrogen-bond acceptors (Lipinski definition) is 0. The molecule has 0 aliphatic heterocycles. The van der Waals surface area contributed by atoms with Crippen LogP contribution in [0.1, 0.15) is 48.3 Å². The van der Waals surface area contributed by atoms with E-state index in [4.69, 9.17) is 0 Å². The molecule has 0 spiro atoms. The summed E-state index contributed by atoms with van der Waals surface area (Å²) in [5.41, 5.74) is 0.619. The van der Waals surface area contributed by atoms with Crippen molar-refractivity contribution in [3.63, 3.8) is 0 Å². The molecule has 5 heteroatoms. The molecule has 2 aromatic rings. The fourth-order valence-electron chi connectivity index (χ4n) is 3.73. The predicted octanol–water partition coefficient (Wildman–Crippen LogP) is 7.10. The first-order valence-electron chi connectivity index (χ1n) is 9.30. The highest BCUT2D eigenvalue weighted by atomic mass is 19.2. The Hall–Kier alpha value is -2.43. The molecule has 0 aromatic heterocycles. The van der Waals surface area contributed by atoms with E-state index in [9.17, 15) is 22.0 Å². The Balaban J connectivity index is 1.73. The van der Waals surface area contributed by atoms with Crippen molar-refractivity contribution in [1.82, 2.24) is 0 Å². The third kappa shape index (κ3) is 4.51. The van der Waals surface area contributed by atoms with E-state index in [1.807, 2.05) is 6.08 Å². The maximum atomic E-state index is 14.4. The second-order valence-electron chi connectivity index (χ2n) is 7.23. The molecule has 2 aromatic carbocycles. The number of rotatable bonds is 5. The van der Waals surface area contributed by atoms with Gasteiger partial charge in [-0.05, 0) is 79.3 Å². The van der Waals surface area contributed by atoms with Crippen LogP contribution in [-0.4, -0.2) is 0 Å². The zero-order valence-electron chi connectivity index (χ0n) is 15.3. The highest BCUT2D eigenvalue weighted by molar-refractivity contribution is 5.52. The molecule has 0 heterocycles. The molecule has 0 bridgehead atoms. The van der Waals surface area contributed by atoms with Crippen LogP contribution in [0.4, 0.5) is 22.0 Å². The summed E-state index contributed by atoms with van der Waals surface area (Å²) in [5.74, 6) is -4.88. The lowest BCUT2D eigenvalue weighted by Gasteiger charge is -2.27. The van der Waals surface area contributed by atoms with E-state index in [-0.39, 0.29) is 23.5 Å². The van der Waals surface area contributed by atoms with Crippen LogP contribution in [0.5, 0.6) is 0 Å². The minimum atomic E-state index is -1.54. The molecule has 3 rings (SSSR count). The number of halogens is 5. The highest BCUT2D eigenvalue weighted by Gasteiger charge is 2.22. The van der Waals surface area contributed by atoms with Crippen molar-refractivity contribution in [1.29, 1.82) is 0 Å². The Kier molecular flexibility index (Phi) is 6.32. The van der Waals surface area contributed by atoms with Gasteiger partial charge in [0, 0.05) is 5.56 Å². The molecule has 0 unspecified atom stereocenters. The van der Waals surface area contributed by atoms with Crippen LogP contribution >= 0.6 is 0 Å². The van der Waals surface area contributed by atoms with E-state index < -0.39 is 29.1 Å². The Labute approximate surface area is 161 Å². The van der Waals surface area contributed by atoms with Crippen molar-refractivity contribution in [2.75, 3.05) is 0 Å². The summed E-state index contributed by atoms with van der Waals surface area (Å²) in [5, 5.41) is 0. The van der Waals surface area contributed by atoms with Gasteiger partial charge in [0.05, 0.1) is 0 Å². The third-order valence-electron chi connectivity index (χ3n) is 5.36. The van der Waals surface area contributed by atoms with E-state index in [1.165, 1.54) is 24.3 Å². The second-order valence-corrected chi connectivity index (χ2v) is 7.23. The molecule has 0 saturated heterocycles. The van der Waals surface area contributed by atoms with Gasteiger partial charge in [0.25, 0.3) is 0 Å². The van der Waals surface area contributed by atoms with Crippen molar-refractivity contribution in [3.05, 3.63) is 88.8 Å². The van der Waals surface area contributed by atoms with Crippen molar-refractivity contribution in [2.24, 2.45) is 5.92 Å². The summed E-state index contributed by atoms with van der Waals surface area (Å²) < 4.78 is 68.3. The van der Waals surface area contributed by atoms with Crippen LogP contribution in [0.25, 0.3) is 6.08 Å². The molecule has 1 fully saturated rings. The molecule has 28 heavy (non-hydrogen) atoms. The van der Waals surface area contributed by atoms with Gasteiger partial charge in [-0.3, -0.25) is 0 Å². The van der Waals surface area contributed by atoms with Gasteiger partial charge in [-0.15, -0.1) is 6.58 Å². The second kappa shape index (κ2) is 8.72. The molecular formula is C23H21F5. The topological polar surface area (TPSA) is 0 Å².